The predicted molar refractivity (Wildman–Crippen MR) is 77.6 cm³/mol. The Labute approximate surface area is 127 Å². The molecule has 1 aromatic carbocycles. The van der Waals surface area contributed by atoms with E-state index in [1.165, 1.54) is 30.3 Å². The van der Waals surface area contributed by atoms with Crippen molar-refractivity contribution in [2.75, 3.05) is 4.72 Å². The summed E-state index contributed by atoms with van der Waals surface area (Å²) in [6.45, 7) is 0. The molecule has 0 aliphatic heterocycles. The first-order valence-corrected chi connectivity index (χ1v) is 9.49. The van der Waals surface area contributed by atoms with Crippen LogP contribution in [-0.4, -0.2) is 16.8 Å². The highest BCUT2D eigenvalue weighted by Crippen LogP contribution is 2.30. The maximum atomic E-state index is 13.1. The van der Waals surface area contributed by atoms with Crippen LogP contribution in [0.25, 0.3) is 0 Å². The van der Waals surface area contributed by atoms with Gasteiger partial charge in [-0.2, -0.15) is 8.42 Å². The van der Waals surface area contributed by atoms with Gasteiger partial charge in [0, 0.05) is 0 Å². The minimum Gasteiger partial charge on any atom is -0.278 e. The van der Waals surface area contributed by atoms with Crippen LogP contribution in [0.15, 0.2) is 49.3 Å². The molecule has 2 rings (SSSR count). The summed E-state index contributed by atoms with van der Waals surface area (Å²) in [6, 6.07) is 7.74. The van der Waals surface area contributed by atoms with E-state index < -0.39 is 25.1 Å². The number of sulfonamides is 1. The summed E-state index contributed by atoms with van der Waals surface area (Å²) in [7, 11) is -8.98. The average Bonchev–Trinajstić information content (AvgIpc) is 2.75. The van der Waals surface area contributed by atoms with Gasteiger partial charge < -0.3 is 0 Å². The van der Waals surface area contributed by atoms with Crippen molar-refractivity contribution in [3.63, 3.8) is 0 Å². The van der Waals surface area contributed by atoms with E-state index in [0.717, 1.165) is 17.4 Å². The molecular formula is C10H7BrFNO4S3. The molecule has 2 aromatic rings. The first kappa shape index (κ1) is 15.4. The van der Waals surface area contributed by atoms with Gasteiger partial charge in [0.15, 0.2) is 0 Å². The Morgan fingerprint density at radius 1 is 1.05 bits per heavy atom. The maximum Gasteiger partial charge on any atom is 0.334 e. The van der Waals surface area contributed by atoms with Crippen LogP contribution < -0.4 is 4.72 Å². The van der Waals surface area contributed by atoms with Gasteiger partial charge in [-0.05, 0) is 40.2 Å². The Balaban J connectivity index is 2.46. The van der Waals surface area contributed by atoms with E-state index in [9.17, 15) is 20.7 Å². The lowest BCUT2D eigenvalue weighted by atomic mass is 10.3. The zero-order valence-corrected chi connectivity index (χ0v) is 13.6. The highest BCUT2D eigenvalue weighted by molar-refractivity contribution is 9.11. The third kappa shape index (κ3) is 3.37. The van der Waals surface area contributed by atoms with Crippen molar-refractivity contribution < 1.29 is 20.7 Å². The molecular weight excluding hydrogens is 393 g/mol. The fourth-order valence-electron chi connectivity index (χ4n) is 1.40. The van der Waals surface area contributed by atoms with Gasteiger partial charge in [0.25, 0.3) is 10.0 Å². The summed E-state index contributed by atoms with van der Waals surface area (Å²) in [5.74, 6) is 0. The highest BCUT2D eigenvalue weighted by atomic mass is 79.9. The van der Waals surface area contributed by atoms with Crippen LogP contribution in [0, 0.1) is 0 Å². The second-order valence-corrected chi connectivity index (χ2v) is 9.29. The van der Waals surface area contributed by atoms with E-state index in [2.05, 4.69) is 20.7 Å². The van der Waals surface area contributed by atoms with Crippen molar-refractivity contribution in [2.45, 2.75) is 9.10 Å². The fourth-order valence-corrected chi connectivity index (χ4v) is 5.18. The number of hydrogen-bond acceptors (Lipinski definition) is 5. The van der Waals surface area contributed by atoms with E-state index in [1.54, 1.807) is 0 Å². The zero-order chi connectivity index (χ0) is 15.0. The van der Waals surface area contributed by atoms with Crippen molar-refractivity contribution in [1.82, 2.24) is 0 Å². The molecule has 0 unspecified atom stereocenters. The molecule has 5 nitrogen and oxygen atoms in total. The number of benzene rings is 1. The summed E-state index contributed by atoms with van der Waals surface area (Å²) in [5, 5.41) is 0. The molecule has 10 heteroatoms. The first-order chi connectivity index (χ1) is 9.20. The van der Waals surface area contributed by atoms with Gasteiger partial charge in [0.1, 0.15) is 9.10 Å². The molecule has 20 heavy (non-hydrogen) atoms. The molecule has 0 saturated carbocycles. The lowest BCUT2D eigenvalue weighted by molar-refractivity contribution is 0.552. The molecule has 0 fully saturated rings. The van der Waals surface area contributed by atoms with E-state index in [0.29, 0.717) is 3.79 Å². The zero-order valence-electron chi connectivity index (χ0n) is 9.58. The Morgan fingerprint density at radius 2 is 1.70 bits per heavy atom. The van der Waals surface area contributed by atoms with Gasteiger partial charge >= 0.3 is 10.2 Å². The summed E-state index contributed by atoms with van der Waals surface area (Å²) in [4.78, 5) is -0.723. The second kappa shape index (κ2) is 5.43. The van der Waals surface area contributed by atoms with Gasteiger partial charge in [0.2, 0.25) is 0 Å². The lowest BCUT2D eigenvalue weighted by Crippen LogP contribution is -2.13. The van der Waals surface area contributed by atoms with Crippen molar-refractivity contribution in [2.24, 2.45) is 0 Å². The molecule has 0 amide bonds. The number of thiophene rings is 1. The topological polar surface area (TPSA) is 80.3 Å². The van der Waals surface area contributed by atoms with E-state index in [1.807, 2.05) is 0 Å². The van der Waals surface area contributed by atoms with Crippen LogP contribution in [-0.2, 0) is 20.2 Å². The summed E-state index contributed by atoms with van der Waals surface area (Å²) in [5.41, 5.74) is -0.334. The third-order valence-corrected chi connectivity index (χ3v) is 6.57. The molecule has 1 N–H and O–H groups in total. The number of nitrogens with one attached hydrogen (secondary N) is 1. The molecule has 1 aromatic heterocycles. The minimum absolute atomic E-state index is 0.0181. The van der Waals surface area contributed by atoms with Crippen LogP contribution in [0.4, 0.5) is 9.57 Å². The smallest absolute Gasteiger partial charge is 0.278 e. The molecule has 0 radical (unpaired) electrons. The predicted octanol–water partition coefficient (Wildman–Crippen LogP) is 2.97. The number of para-hydroxylation sites is 1. The van der Waals surface area contributed by atoms with Crippen LogP contribution in [0.1, 0.15) is 0 Å². The van der Waals surface area contributed by atoms with Crippen LogP contribution >= 0.6 is 27.3 Å². The summed E-state index contributed by atoms with van der Waals surface area (Å²) in [6.07, 6.45) is 0. The molecule has 0 bridgehead atoms. The van der Waals surface area contributed by atoms with Crippen molar-refractivity contribution >= 4 is 53.2 Å². The minimum atomic E-state index is -5.02. The van der Waals surface area contributed by atoms with Crippen molar-refractivity contribution in [3.05, 3.63) is 40.2 Å². The number of anilines is 1. The van der Waals surface area contributed by atoms with Gasteiger partial charge in [0.05, 0.1) is 9.47 Å². The molecule has 0 aliphatic carbocycles. The Hall–Kier alpha value is -0.970. The molecule has 1 heterocycles. The summed E-state index contributed by atoms with van der Waals surface area (Å²) < 4.78 is 61.8. The van der Waals surface area contributed by atoms with E-state index in [4.69, 9.17) is 0 Å². The second-order valence-electron chi connectivity index (χ2n) is 3.60. The molecule has 0 saturated heterocycles. The Morgan fingerprint density at radius 3 is 2.25 bits per heavy atom. The number of rotatable bonds is 4. The van der Waals surface area contributed by atoms with E-state index in [-0.39, 0.29) is 9.90 Å². The fraction of sp³-hybridized carbons (Fsp3) is 0. The maximum absolute atomic E-state index is 13.1. The Kier molecular flexibility index (Phi) is 4.19. The SMILES string of the molecule is O=S(=O)(F)c1ccccc1NS(=O)(=O)c1ccc(Br)s1. The van der Waals surface area contributed by atoms with Crippen LogP contribution in [0.2, 0.25) is 0 Å². The van der Waals surface area contributed by atoms with Gasteiger partial charge in [-0.3, -0.25) is 4.72 Å². The van der Waals surface area contributed by atoms with Gasteiger partial charge in [-0.25, -0.2) is 8.42 Å². The monoisotopic (exact) mass is 399 g/mol. The van der Waals surface area contributed by atoms with Gasteiger partial charge in [-0.15, -0.1) is 15.2 Å². The lowest BCUT2D eigenvalue weighted by Gasteiger charge is -2.08. The molecule has 108 valence electrons. The van der Waals surface area contributed by atoms with Crippen LogP contribution in [0.3, 0.4) is 0 Å². The van der Waals surface area contributed by atoms with Crippen LogP contribution in [0.5, 0.6) is 0 Å². The largest absolute Gasteiger partial charge is 0.334 e. The highest BCUT2D eigenvalue weighted by Gasteiger charge is 2.22. The van der Waals surface area contributed by atoms with Gasteiger partial charge in [-0.1, -0.05) is 12.1 Å². The van der Waals surface area contributed by atoms with E-state index >= 15 is 0 Å². The molecule has 0 aliphatic rings. The average molecular weight is 400 g/mol. The normalized spacial score (nSPS) is 12.3. The quantitative estimate of drug-likeness (QED) is 0.801. The number of hydrogen-bond donors (Lipinski definition) is 1. The molecule has 0 atom stereocenters. The van der Waals surface area contributed by atoms with Crippen molar-refractivity contribution in [1.29, 1.82) is 0 Å². The third-order valence-electron chi connectivity index (χ3n) is 2.21. The summed E-state index contributed by atoms with van der Waals surface area (Å²) >= 11 is 4.08. The first-order valence-electron chi connectivity index (χ1n) is 5.02. The van der Waals surface area contributed by atoms with Crippen molar-refractivity contribution in [3.8, 4) is 0 Å². The number of halogens is 2. The molecule has 0 spiro atoms. The Bertz CT molecular complexity index is 845. The standard InChI is InChI=1S/C10H7BrFNO4S3/c11-9-5-6-10(18-9)20(16,17)13-7-3-1-2-4-8(7)19(12,14)15/h1-6,13H.